The Kier molecular flexibility index (Phi) is 3.19. The minimum atomic E-state index is -0.444. The topological polar surface area (TPSA) is 72.2 Å². The molecule has 4 nitrogen and oxygen atoms in total. The lowest BCUT2D eigenvalue weighted by Crippen LogP contribution is -2.19. The normalized spacial score (nSPS) is 18.6. The molecule has 1 aromatic heterocycles. The quantitative estimate of drug-likeness (QED) is 0.844. The van der Waals surface area contributed by atoms with E-state index >= 15 is 0 Å². The molecule has 17 heavy (non-hydrogen) atoms. The summed E-state index contributed by atoms with van der Waals surface area (Å²) in [5.41, 5.74) is 6.99. The number of aryl methyl sites for hydroxylation is 1. The molecule has 1 aromatic rings. The summed E-state index contributed by atoms with van der Waals surface area (Å²) in [6, 6.07) is 0. The second kappa shape index (κ2) is 4.49. The predicted molar refractivity (Wildman–Crippen MR) is 68.3 cm³/mol. The van der Waals surface area contributed by atoms with Crippen molar-refractivity contribution in [3.8, 4) is 0 Å². The summed E-state index contributed by atoms with van der Waals surface area (Å²) in [6.07, 6.45) is 2.98. The van der Waals surface area contributed by atoms with Gasteiger partial charge in [0, 0.05) is 11.8 Å². The summed E-state index contributed by atoms with van der Waals surface area (Å²) >= 11 is 1.49. The number of rotatable bonds is 2. The molecule has 0 saturated heterocycles. The zero-order valence-electron chi connectivity index (χ0n) is 10.0. The molecule has 0 fully saturated rings. The van der Waals surface area contributed by atoms with Crippen LogP contribution in [-0.2, 0) is 17.6 Å². The second-order valence-corrected chi connectivity index (χ2v) is 5.71. The molecule has 0 radical (unpaired) electrons. The van der Waals surface area contributed by atoms with E-state index in [1.54, 1.807) is 0 Å². The summed E-state index contributed by atoms with van der Waals surface area (Å²) in [5, 5.41) is 3.32. The van der Waals surface area contributed by atoms with Crippen LogP contribution in [0.25, 0.3) is 0 Å². The number of nitrogens with two attached hydrogens (primary N) is 1. The van der Waals surface area contributed by atoms with Crippen molar-refractivity contribution < 1.29 is 9.59 Å². The number of thiophene rings is 1. The van der Waals surface area contributed by atoms with Crippen LogP contribution in [0.15, 0.2) is 0 Å². The lowest BCUT2D eigenvalue weighted by atomic mass is 9.87. The molecular formula is C12H16N2O2S. The Morgan fingerprint density at radius 1 is 1.47 bits per heavy atom. The van der Waals surface area contributed by atoms with Gasteiger partial charge in [-0.15, -0.1) is 11.3 Å². The Bertz CT molecular complexity index is 479. The number of primary amides is 1. The lowest BCUT2D eigenvalue weighted by molar-refractivity contribution is -0.114. The minimum Gasteiger partial charge on any atom is -0.365 e. The van der Waals surface area contributed by atoms with E-state index in [9.17, 15) is 9.59 Å². The molecule has 1 unspecified atom stereocenters. The number of carbonyl (C=O) groups excluding carboxylic acids is 2. The van der Waals surface area contributed by atoms with Gasteiger partial charge in [0.05, 0.1) is 5.56 Å². The number of hydrogen-bond acceptors (Lipinski definition) is 3. The van der Waals surface area contributed by atoms with Crippen LogP contribution < -0.4 is 11.1 Å². The Hall–Kier alpha value is -1.36. The smallest absolute Gasteiger partial charge is 0.251 e. The third-order valence-corrected chi connectivity index (χ3v) is 4.25. The first-order valence-corrected chi connectivity index (χ1v) is 6.52. The maximum absolute atomic E-state index is 11.5. The molecule has 2 amide bonds. The van der Waals surface area contributed by atoms with Gasteiger partial charge in [-0.1, -0.05) is 6.92 Å². The Morgan fingerprint density at radius 2 is 2.18 bits per heavy atom. The zero-order chi connectivity index (χ0) is 12.6. The highest BCUT2D eigenvalue weighted by Crippen LogP contribution is 2.39. The summed E-state index contributed by atoms with van der Waals surface area (Å²) in [6.45, 7) is 3.61. The van der Waals surface area contributed by atoms with E-state index in [1.807, 2.05) is 0 Å². The Morgan fingerprint density at radius 3 is 2.76 bits per heavy atom. The fourth-order valence-electron chi connectivity index (χ4n) is 2.27. The van der Waals surface area contributed by atoms with E-state index < -0.39 is 5.91 Å². The van der Waals surface area contributed by atoms with Crippen molar-refractivity contribution in [3.05, 3.63) is 16.0 Å². The van der Waals surface area contributed by atoms with E-state index in [2.05, 4.69) is 12.2 Å². The number of anilines is 1. The highest BCUT2D eigenvalue weighted by molar-refractivity contribution is 7.17. The third-order valence-electron chi connectivity index (χ3n) is 3.04. The molecule has 0 aliphatic heterocycles. The van der Waals surface area contributed by atoms with Crippen LogP contribution in [0.2, 0.25) is 0 Å². The number of carbonyl (C=O) groups is 2. The average Bonchev–Trinajstić information content (AvgIpc) is 2.53. The van der Waals surface area contributed by atoms with Crippen molar-refractivity contribution in [1.82, 2.24) is 0 Å². The number of hydrogen-bond donors (Lipinski definition) is 2. The van der Waals surface area contributed by atoms with Crippen LogP contribution in [0, 0.1) is 5.92 Å². The summed E-state index contributed by atoms with van der Waals surface area (Å²) in [7, 11) is 0. The molecule has 92 valence electrons. The van der Waals surface area contributed by atoms with Crippen molar-refractivity contribution >= 4 is 28.2 Å². The van der Waals surface area contributed by atoms with E-state index in [0.717, 1.165) is 24.8 Å². The van der Waals surface area contributed by atoms with Gasteiger partial charge in [-0.25, -0.2) is 0 Å². The Labute approximate surface area is 104 Å². The van der Waals surface area contributed by atoms with Crippen LogP contribution in [-0.4, -0.2) is 11.8 Å². The number of amides is 2. The fourth-order valence-corrected chi connectivity index (χ4v) is 3.56. The first-order chi connectivity index (χ1) is 7.99. The molecule has 5 heteroatoms. The Balaban J connectivity index is 2.47. The van der Waals surface area contributed by atoms with Crippen molar-refractivity contribution in [3.63, 3.8) is 0 Å². The van der Waals surface area contributed by atoms with Crippen LogP contribution in [0.3, 0.4) is 0 Å². The fraction of sp³-hybridized carbons (Fsp3) is 0.500. The summed E-state index contributed by atoms with van der Waals surface area (Å²) in [5.74, 6) is -0.0418. The largest absolute Gasteiger partial charge is 0.365 e. The molecule has 0 saturated carbocycles. The summed E-state index contributed by atoms with van der Waals surface area (Å²) < 4.78 is 0. The van der Waals surface area contributed by atoms with Crippen molar-refractivity contribution in [1.29, 1.82) is 0 Å². The van der Waals surface area contributed by atoms with Gasteiger partial charge in [-0.05, 0) is 30.7 Å². The molecule has 2 rings (SSSR count). The van der Waals surface area contributed by atoms with Gasteiger partial charge in [-0.3, -0.25) is 9.59 Å². The van der Waals surface area contributed by atoms with Gasteiger partial charge in [0.2, 0.25) is 5.91 Å². The maximum atomic E-state index is 11.5. The number of fused-ring (bicyclic) bond motifs is 1. The van der Waals surface area contributed by atoms with Crippen molar-refractivity contribution in [2.45, 2.75) is 33.1 Å². The van der Waals surface area contributed by atoms with E-state index in [1.165, 1.54) is 23.1 Å². The van der Waals surface area contributed by atoms with Crippen LogP contribution in [0.5, 0.6) is 0 Å². The highest BCUT2D eigenvalue weighted by atomic mass is 32.1. The van der Waals surface area contributed by atoms with Gasteiger partial charge in [-0.2, -0.15) is 0 Å². The molecule has 0 aromatic carbocycles. The summed E-state index contributed by atoms with van der Waals surface area (Å²) in [4.78, 5) is 23.8. The maximum Gasteiger partial charge on any atom is 0.251 e. The lowest BCUT2D eigenvalue weighted by Gasteiger charge is -2.18. The number of nitrogens with one attached hydrogen (secondary N) is 1. The molecule has 3 N–H and O–H groups in total. The van der Waals surface area contributed by atoms with E-state index in [-0.39, 0.29) is 5.91 Å². The first-order valence-electron chi connectivity index (χ1n) is 5.71. The zero-order valence-corrected chi connectivity index (χ0v) is 10.8. The van der Waals surface area contributed by atoms with E-state index in [0.29, 0.717) is 16.5 Å². The minimum absolute atomic E-state index is 0.167. The van der Waals surface area contributed by atoms with Crippen LogP contribution in [0.1, 0.15) is 41.1 Å². The highest BCUT2D eigenvalue weighted by Gasteiger charge is 2.26. The average molecular weight is 252 g/mol. The molecule has 1 heterocycles. The van der Waals surface area contributed by atoms with Gasteiger partial charge >= 0.3 is 0 Å². The molecule has 1 atom stereocenters. The molecule has 0 bridgehead atoms. The monoisotopic (exact) mass is 252 g/mol. The van der Waals surface area contributed by atoms with Crippen molar-refractivity contribution in [2.24, 2.45) is 11.7 Å². The van der Waals surface area contributed by atoms with Gasteiger partial charge in [0.25, 0.3) is 5.91 Å². The van der Waals surface area contributed by atoms with Crippen LogP contribution >= 0.6 is 11.3 Å². The van der Waals surface area contributed by atoms with Crippen LogP contribution in [0.4, 0.5) is 5.00 Å². The van der Waals surface area contributed by atoms with E-state index in [4.69, 9.17) is 5.73 Å². The predicted octanol–water partition coefficient (Wildman–Crippen LogP) is 1.93. The molecular weight excluding hydrogens is 236 g/mol. The molecule has 1 aliphatic rings. The van der Waals surface area contributed by atoms with Gasteiger partial charge in [0.1, 0.15) is 5.00 Å². The molecule has 1 aliphatic carbocycles. The van der Waals surface area contributed by atoms with Gasteiger partial charge in [0.15, 0.2) is 0 Å². The standard InChI is InChI=1S/C12H16N2O2S/c1-6-3-4-9-8(5-6)10(11(13)16)12(17-9)14-7(2)15/h6H,3-5H2,1-2H3,(H2,13,16)(H,14,15). The SMILES string of the molecule is CC(=O)Nc1sc2c(c1C(N)=O)CC(C)CC2. The third kappa shape index (κ3) is 2.34. The molecule has 0 spiro atoms. The second-order valence-electron chi connectivity index (χ2n) is 4.60. The van der Waals surface area contributed by atoms with Crippen molar-refractivity contribution in [2.75, 3.05) is 5.32 Å². The van der Waals surface area contributed by atoms with Gasteiger partial charge < -0.3 is 11.1 Å². The first kappa shape index (κ1) is 12.1.